The van der Waals surface area contributed by atoms with Gasteiger partial charge in [0.15, 0.2) is 0 Å². The van der Waals surface area contributed by atoms with Crippen molar-refractivity contribution in [3.63, 3.8) is 0 Å². The minimum Gasteiger partial charge on any atom is -0.497 e. The molecule has 1 aliphatic heterocycles. The Morgan fingerprint density at radius 2 is 2.10 bits per heavy atom. The number of amides is 1. The molecule has 1 aromatic carbocycles. The highest BCUT2D eigenvalue weighted by atomic mass is 16.5. The fourth-order valence-corrected chi connectivity index (χ4v) is 3.89. The highest BCUT2D eigenvalue weighted by molar-refractivity contribution is 5.94. The molecule has 29 heavy (non-hydrogen) atoms. The number of furan rings is 1. The number of aryl methyl sites for hydroxylation is 3. The molecule has 3 heterocycles. The lowest BCUT2D eigenvalue weighted by Crippen LogP contribution is -2.41. The van der Waals surface area contributed by atoms with Crippen LogP contribution in [0.3, 0.4) is 0 Å². The largest absolute Gasteiger partial charge is 0.497 e. The summed E-state index contributed by atoms with van der Waals surface area (Å²) in [5.74, 6) is 3.01. The van der Waals surface area contributed by atoms with Crippen LogP contribution < -0.4 is 15.0 Å². The number of methoxy groups -OCH3 is 1. The zero-order valence-corrected chi connectivity index (χ0v) is 17.3. The van der Waals surface area contributed by atoms with E-state index in [-0.39, 0.29) is 11.8 Å². The highest BCUT2D eigenvalue weighted by Crippen LogP contribution is 2.33. The van der Waals surface area contributed by atoms with Crippen LogP contribution in [-0.4, -0.2) is 36.1 Å². The van der Waals surface area contributed by atoms with Gasteiger partial charge in [0.05, 0.1) is 18.4 Å². The summed E-state index contributed by atoms with van der Waals surface area (Å²) >= 11 is 0. The number of fused-ring (bicyclic) bond motifs is 1. The quantitative estimate of drug-likeness (QED) is 0.720. The van der Waals surface area contributed by atoms with Crippen molar-refractivity contribution < 1.29 is 13.9 Å². The van der Waals surface area contributed by atoms with E-state index in [1.54, 1.807) is 7.11 Å². The number of carbonyl (C=O) groups is 1. The number of benzene rings is 1. The van der Waals surface area contributed by atoms with E-state index < -0.39 is 0 Å². The molecule has 1 fully saturated rings. The fourth-order valence-electron chi connectivity index (χ4n) is 3.89. The standard InChI is InChI=1S/C22H26N4O3/c1-13-14(2)29-22-19(13)20(23-15(3)24-22)26-10-6-7-16(12-26)21(27)25-17-8-5-9-18(11-17)28-4/h5,8-9,11,16H,6-7,10,12H2,1-4H3,(H,25,27). The molecule has 3 aromatic rings. The number of hydrogen-bond acceptors (Lipinski definition) is 6. The molecule has 0 radical (unpaired) electrons. The first-order valence-electron chi connectivity index (χ1n) is 9.90. The molecule has 1 saturated heterocycles. The van der Waals surface area contributed by atoms with E-state index in [0.717, 1.165) is 53.4 Å². The number of nitrogens with zero attached hydrogens (tertiary/aromatic N) is 3. The molecule has 2 aromatic heterocycles. The molecule has 1 amide bonds. The number of piperidine rings is 1. The Kier molecular flexibility index (Phi) is 5.13. The van der Waals surface area contributed by atoms with Crippen molar-refractivity contribution in [1.29, 1.82) is 0 Å². The van der Waals surface area contributed by atoms with Gasteiger partial charge in [-0.05, 0) is 45.7 Å². The minimum absolute atomic E-state index is 0.0186. The second-order valence-corrected chi connectivity index (χ2v) is 7.56. The van der Waals surface area contributed by atoms with Crippen LogP contribution >= 0.6 is 0 Å². The summed E-state index contributed by atoms with van der Waals surface area (Å²) in [6.45, 7) is 7.31. The molecule has 1 aliphatic rings. The molecule has 7 nitrogen and oxygen atoms in total. The zero-order valence-electron chi connectivity index (χ0n) is 17.3. The molecule has 4 rings (SSSR count). The van der Waals surface area contributed by atoms with Crippen LogP contribution in [0.15, 0.2) is 28.7 Å². The van der Waals surface area contributed by atoms with E-state index >= 15 is 0 Å². The first kappa shape index (κ1) is 19.2. The highest BCUT2D eigenvalue weighted by Gasteiger charge is 2.29. The molecular weight excluding hydrogens is 368 g/mol. The molecule has 1 atom stereocenters. The normalized spacial score (nSPS) is 16.8. The van der Waals surface area contributed by atoms with Gasteiger partial charge < -0.3 is 19.4 Å². The van der Waals surface area contributed by atoms with Crippen LogP contribution in [0.5, 0.6) is 5.75 Å². The van der Waals surface area contributed by atoms with E-state index in [1.165, 1.54) is 0 Å². The minimum atomic E-state index is -0.117. The summed E-state index contributed by atoms with van der Waals surface area (Å²) < 4.78 is 11.1. The summed E-state index contributed by atoms with van der Waals surface area (Å²) in [7, 11) is 1.62. The first-order valence-corrected chi connectivity index (χ1v) is 9.90. The third kappa shape index (κ3) is 3.77. The summed E-state index contributed by atoms with van der Waals surface area (Å²) in [5.41, 5.74) is 2.41. The van der Waals surface area contributed by atoms with Crippen LogP contribution in [0.25, 0.3) is 11.1 Å². The number of ether oxygens (including phenoxy) is 1. The van der Waals surface area contributed by atoms with Crippen molar-refractivity contribution in [3.05, 3.63) is 41.4 Å². The fraction of sp³-hybridized carbons (Fsp3) is 0.409. The van der Waals surface area contributed by atoms with Crippen molar-refractivity contribution in [2.45, 2.75) is 33.6 Å². The van der Waals surface area contributed by atoms with Crippen molar-refractivity contribution >= 4 is 28.5 Å². The Balaban J connectivity index is 1.57. The monoisotopic (exact) mass is 394 g/mol. The number of nitrogens with one attached hydrogen (secondary N) is 1. The van der Waals surface area contributed by atoms with Gasteiger partial charge in [-0.15, -0.1) is 0 Å². The molecule has 7 heteroatoms. The number of carbonyl (C=O) groups excluding carboxylic acids is 1. The predicted octanol–water partition coefficient (Wildman–Crippen LogP) is 4.01. The van der Waals surface area contributed by atoms with Gasteiger partial charge in [0.1, 0.15) is 23.2 Å². The van der Waals surface area contributed by atoms with Gasteiger partial charge in [0, 0.05) is 30.4 Å². The third-order valence-corrected chi connectivity index (χ3v) is 5.55. The average Bonchev–Trinajstić information content (AvgIpc) is 3.01. The zero-order chi connectivity index (χ0) is 20.5. The van der Waals surface area contributed by atoms with E-state index in [9.17, 15) is 4.79 Å². The van der Waals surface area contributed by atoms with Gasteiger partial charge >= 0.3 is 0 Å². The SMILES string of the molecule is COc1cccc(NC(=O)C2CCCN(c3nc(C)nc4oc(C)c(C)c34)C2)c1. The number of aromatic nitrogens is 2. The van der Waals surface area contributed by atoms with Gasteiger partial charge in [-0.2, -0.15) is 4.98 Å². The van der Waals surface area contributed by atoms with Crippen LogP contribution in [-0.2, 0) is 4.79 Å². The van der Waals surface area contributed by atoms with E-state index in [4.69, 9.17) is 14.1 Å². The van der Waals surface area contributed by atoms with Gasteiger partial charge in [0.25, 0.3) is 0 Å². The van der Waals surface area contributed by atoms with Crippen LogP contribution in [0.2, 0.25) is 0 Å². The summed E-state index contributed by atoms with van der Waals surface area (Å²) in [6.07, 6.45) is 1.78. The maximum absolute atomic E-state index is 12.9. The topological polar surface area (TPSA) is 80.5 Å². The van der Waals surface area contributed by atoms with Gasteiger partial charge in [-0.3, -0.25) is 4.79 Å². The smallest absolute Gasteiger partial charge is 0.231 e. The van der Waals surface area contributed by atoms with Crippen molar-refractivity contribution in [2.24, 2.45) is 5.92 Å². The summed E-state index contributed by atoms with van der Waals surface area (Å²) in [5, 5.41) is 3.97. The van der Waals surface area contributed by atoms with Crippen molar-refractivity contribution in [1.82, 2.24) is 9.97 Å². The Morgan fingerprint density at radius 1 is 1.28 bits per heavy atom. The Labute approximate surface area is 170 Å². The van der Waals surface area contributed by atoms with Crippen molar-refractivity contribution in [3.8, 4) is 5.75 Å². The average molecular weight is 394 g/mol. The maximum atomic E-state index is 12.9. The van der Waals surface area contributed by atoms with Crippen LogP contribution in [0.1, 0.15) is 30.0 Å². The van der Waals surface area contributed by atoms with Crippen LogP contribution in [0, 0.1) is 26.7 Å². The molecule has 0 bridgehead atoms. The lowest BCUT2D eigenvalue weighted by molar-refractivity contribution is -0.120. The number of rotatable bonds is 4. The van der Waals surface area contributed by atoms with Crippen molar-refractivity contribution in [2.75, 3.05) is 30.4 Å². The van der Waals surface area contributed by atoms with E-state index in [2.05, 4.69) is 15.2 Å². The number of hydrogen-bond donors (Lipinski definition) is 1. The molecule has 1 unspecified atom stereocenters. The second kappa shape index (κ2) is 7.73. The summed E-state index contributed by atoms with van der Waals surface area (Å²) in [4.78, 5) is 24.3. The third-order valence-electron chi connectivity index (χ3n) is 5.55. The molecule has 0 aliphatic carbocycles. The lowest BCUT2D eigenvalue weighted by Gasteiger charge is -2.33. The Hall–Kier alpha value is -3.09. The molecule has 152 valence electrons. The molecule has 0 saturated carbocycles. The Morgan fingerprint density at radius 3 is 2.90 bits per heavy atom. The van der Waals surface area contributed by atoms with E-state index in [1.807, 2.05) is 45.0 Å². The predicted molar refractivity (Wildman–Crippen MR) is 113 cm³/mol. The second-order valence-electron chi connectivity index (χ2n) is 7.56. The van der Waals surface area contributed by atoms with Gasteiger partial charge in [-0.25, -0.2) is 4.98 Å². The van der Waals surface area contributed by atoms with Gasteiger partial charge in [-0.1, -0.05) is 6.07 Å². The van der Waals surface area contributed by atoms with Crippen LogP contribution in [0.4, 0.5) is 11.5 Å². The maximum Gasteiger partial charge on any atom is 0.231 e. The summed E-state index contributed by atoms with van der Waals surface area (Å²) in [6, 6.07) is 7.42. The number of anilines is 2. The molecular formula is C22H26N4O3. The Bertz CT molecular complexity index is 1060. The first-order chi connectivity index (χ1) is 14.0. The lowest BCUT2D eigenvalue weighted by atomic mass is 9.96. The molecule has 0 spiro atoms. The van der Waals surface area contributed by atoms with E-state index in [0.29, 0.717) is 18.1 Å². The van der Waals surface area contributed by atoms with Gasteiger partial charge in [0.2, 0.25) is 11.6 Å². The molecule has 1 N–H and O–H groups in total.